The van der Waals surface area contributed by atoms with Crippen molar-refractivity contribution in [3.63, 3.8) is 0 Å². The Morgan fingerprint density at radius 3 is 2.69 bits per heavy atom. The van der Waals surface area contributed by atoms with Crippen molar-refractivity contribution in [1.82, 2.24) is 5.32 Å². The zero-order chi connectivity index (χ0) is 12.0. The lowest BCUT2D eigenvalue weighted by molar-refractivity contribution is 0.915. The Hall–Kier alpha value is -1.22. The first kappa shape index (κ1) is 12.8. The van der Waals surface area contributed by atoms with E-state index in [0.717, 1.165) is 16.6 Å². The van der Waals surface area contributed by atoms with E-state index in [1.54, 1.807) is 18.8 Å². The number of nitrogens with zero attached hydrogens (tertiary/aromatic N) is 1. The van der Waals surface area contributed by atoms with Gasteiger partial charge in [0.05, 0.1) is 0 Å². The predicted octanol–water partition coefficient (Wildman–Crippen LogP) is 3.34. The molecule has 0 amide bonds. The zero-order valence-electron chi connectivity index (χ0n) is 10.1. The van der Waals surface area contributed by atoms with Crippen molar-refractivity contribution in [2.24, 2.45) is 4.99 Å². The maximum Gasteiger partial charge on any atom is 0.161 e. The Morgan fingerprint density at radius 1 is 1.44 bits per heavy atom. The third-order valence-electron chi connectivity index (χ3n) is 2.17. The van der Waals surface area contributed by atoms with Crippen LogP contribution in [0.4, 0.5) is 0 Å². The lowest BCUT2D eigenvalue weighted by Gasteiger charge is -2.10. The van der Waals surface area contributed by atoms with E-state index in [-0.39, 0.29) is 0 Å². The fourth-order valence-corrected chi connectivity index (χ4v) is 1.87. The van der Waals surface area contributed by atoms with Gasteiger partial charge in [0.15, 0.2) is 5.17 Å². The molecule has 1 aromatic carbocycles. The van der Waals surface area contributed by atoms with Gasteiger partial charge in [0.2, 0.25) is 0 Å². The smallest absolute Gasteiger partial charge is 0.161 e. The molecule has 0 aromatic heterocycles. The molecule has 0 unspecified atom stereocenters. The summed E-state index contributed by atoms with van der Waals surface area (Å²) in [6, 6.07) is 8.35. The van der Waals surface area contributed by atoms with Crippen LogP contribution in [0.25, 0.3) is 0 Å². The van der Waals surface area contributed by atoms with Gasteiger partial charge in [-0.2, -0.15) is 0 Å². The molecule has 0 saturated carbocycles. The molecule has 0 aliphatic carbocycles. The van der Waals surface area contributed by atoms with E-state index in [4.69, 9.17) is 0 Å². The molecule has 0 saturated heterocycles. The summed E-state index contributed by atoms with van der Waals surface area (Å²) in [6.07, 6.45) is 0. The molecule has 1 aromatic rings. The fourth-order valence-electron chi connectivity index (χ4n) is 1.31. The molecule has 2 nitrogen and oxygen atoms in total. The summed E-state index contributed by atoms with van der Waals surface area (Å²) in [4.78, 5) is 5.22. The lowest BCUT2D eigenvalue weighted by Crippen LogP contribution is -2.20. The monoisotopic (exact) mass is 234 g/mol. The Labute approximate surface area is 102 Å². The van der Waals surface area contributed by atoms with Crippen LogP contribution in [-0.2, 0) is 6.54 Å². The first-order valence-corrected chi connectivity index (χ1v) is 6.03. The van der Waals surface area contributed by atoms with Crippen molar-refractivity contribution in [1.29, 1.82) is 0 Å². The number of nitrogens with one attached hydrogen (secondary N) is 1. The minimum Gasteiger partial charge on any atom is -0.361 e. The van der Waals surface area contributed by atoms with E-state index in [2.05, 4.69) is 48.1 Å². The topological polar surface area (TPSA) is 24.4 Å². The van der Waals surface area contributed by atoms with Crippen LogP contribution in [-0.4, -0.2) is 12.2 Å². The molecular formula is C13H18N2S. The SMILES string of the molecule is C=C(C)SC(=NC)NCc1ccccc1C. The molecule has 86 valence electrons. The molecule has 0 spiro atoms. The van der Waals surface area contributed by atoms with Crippen molar-refractivity contribution in [2.45, 2.75) is 20.4 Å². The van der Waals surface area contributed by atoms with E-state index in [1.807, 2.05) is 6.92 Å². The molecule has 16 heavy (non-hydrogen) atoms. The van der Waals surface area contributed by atoms with Crippen LogP contribution in [0.15, 0.2) is 40.7 Å². The largest absolute Gasteiger partial charge is 0.361 e. The van der Waals surface area contributed by atoms with Crippen LogP contribution in [0.3, 0.4) is 0 Å². The number of benzene rings is 1. The Balaban J connectivity index is 2.57. The van der Waals surface area contributed by atoms with Crippen LogP contribution in [0, 0.1) is 6.92 Å². The van der Waals surface area contributed by atoms with Crippen LogP contribution >= 0.6 is 11.8 Å². The third-order valence-corrected chi connectivity index (χ3v) is 3.03. The quantitative estimate of drug-likeness (QED) is 0.641. The van der Waals surface area contributed by atoms with Crippen LogP contribution < -0.4 is 5.32 Å². The highest BCUT2D eigenvalue weighted by Crippen LogP contribution is 2.13. The molecule has 0 heterocycles. The molecule has 1 N–H and O–H groups in total. The number of hydrogen-bond acceptors (Lipinski definition) is 2. The van der Waals surface area contributed by atoms with Crippen molar-refractivity contribution in [3.05, 3.63) is 46.9 Å². The highest BCUT2D eigenvalue weighted by Gasteiger charge is 2.01. The van der Waals surface area contributed by atoms with E-state index in [1.165, 1.54) is 11.1 Å². The van der Waals surface area contributed by atoms with Gasteiger partial charge in [-0.3, -0.25) is 4.99 Å². The third kappa shape index (κ3) is 4.11. The summed E-state index contributed by atoms with van der Waals surface area (Å²) in [5.41, 5.74) is 2.59. The maximum absolute atomic E-state index is 4.18. The number of amidine groups is 1. The first-order valence-electron chi connectivity index (χ1n) is 5.22. The lowest BCUT2D eigenvalue weighted by atomic mass is 10.1. The molecule has 1 rings (SSSR count). The Morgan fingerprint density at radius 2 is 2.12 bits per heavy atom. The van der Waals surface area contributed by atoms with Gasteiger partial charge in [-0.25, -0.2) is 0 Å². The minimum atomic E-state index is 0.805. The van der Waals surface area contributed by atoms with Crippen LogP contribution in [0.2, 0.25) is 0 Å². The number of hydrogen-bond donors (Lipinski definition) is 1. The summed E-state index contributed by atoms with van der Waals surface area (Å²) in [5, 5.41) is 4.22. The Bertz CT molecular complexity index is 397. The summed E-state index contributed by atoms with van der Waals surface area (Å²) in [6.45, 7) is 8.76. The maximum atomic E-state index is 4.18. The van der Waals surface area contributed by atoms with E-state index < -0.39 is 0 Å². The van der Waals surface area contributed by atoms with Gasteiger partial charge in [0, 0.05) is 13.6 Å². The second-order valence-corrected chi connectivity index (χ2v) is 4.90. The van der Waals surface area contributed by atoms with Gasteiger partial charge in [0.1, 0.15) is 0 Å². The van der Waals surface area contributed by atoms with Gasteiger partial charge in [-0.05, 0) is 29.9 Å². The molecule has 0 radical (unpaired) electrons. The van der Waals surface area contributed by atoms with Gasteiger partial charge < -0.3 is 5.32 Å². The second-order valence-electron chi connectivity index (χ2n) is 3.61. The Kier molecular flexibility index (Phi) is 5.12. The van der Waals surface area contributed by atoms with Gasteiger partial charge >= 0.3 is 0 Å². The van der Waals surface area contributed by atoms with Crippen molar-refractivity contribution in [2.75, 3.05) is 7.05 Å². The summed E-state index contributed by atoms with van der Waals surface area (Å²) >= 11 is 1.57. The van der Waals surface area contributed by atoms with Crippen molar-refractivity contribution >= 4 is 16.9 Å². The predicted molar refractivity (Wildman–Crippen MR) is 73.8 cm³/mol. The molecule has 0 atom stereocenters. The summed E-state index contributed by atoms with van der Waals surface area (Å²) in [7, 11) is 1.79. The van der Waals surface area contributed by atoms with E-state index in [0.29, 0.717) is 0 Å². The highest BCUT2D eigenvalue weighted by molar-refractivity contribution is 8.17. The van der Waals surface area contributed by atoms with Gasteiger partial charge in [0.25, 0.3) is 0 Å². The summed E-state index contributed by atoms with van der Waals surface area (Å²) < 4.78 is 0. The molecule has 0 aliphatic heterocycles. The number of aliphatic imine (C=N–C) groups is 1. The standard InChI is InChI=1S/C13H18N2S/c1-10(2)16-13(14-4)15-9-12-8-6-5-7-11(12)3/h5-8H,1,9H2,2-4H3,(H,14,15). The van der Waals surface area contributed by atoms with Crippen LogP contribution in [0.5, 0.6) is 0 Å². The first-order chi connectivity index (χ1) is 7.63. The van der Waals surface area contributed by atoms with E-state index >= 15 is 0 Å². The molecular weight excluding hydrogens is 216 g/mol. The van der Waals surface area contributed by atoms with Crippen molar-refractivity contribution < 1.29 is 0 Å². The number of aryl methyl sites for hydroxylation is 1. The number of allylic oxidation sites excluding steroid dienone is 1. The molecule has 3 heteroatoms. The summed E-state index contributed by atoms with van der Waals surface area (Å²) in [5.74, 6) is 0. The molecule has 0 fully saturated rings. The highest BCUT2D eigenvalue weighted by atomic mass is 32.2. The molecule has 0 aliphatic rings. The number of thioether (sulfide) groups is 1. The normalized spacial score (nSPS) is 11.3. The average Bonchev–Trinajstić information content (AvgIpc) is 2.25. The average molecular weight is 234 g/mol. The zero-order valence-corrected chi connectivity index (χ0v) is 10.9. The van der Waals surface area contributed by atoms with Crippen LogP contribution in [0.1, 0.15) is 18.1 Å². The number of rotatable bonds is 3. The van der Waals surface area contributed by atoms with Gasteiger partial charge in [-0.1, -0.05) is 42.6 Å². The second kappa shape index (κ2) is 6.38. The van der Waals surface area contributed by atoms with E-state index in [9.17, 15) is 0 Å². The molecule has 0 bridgehead atoms. The fraction of sp³-hybridized carbons (Fsp3) is 0.308. The minimum absolute atomic E-state index is 0.805. The van der Waals surface area contributed by atoms with Gasteiger partial charge in [-0.15, -0.1) is 0 Å². The van der Waals surface area contributed by atoms with Crippen molar-refractivity contribution in [3.8, 4) is 0 Å².